The normalized spacial score (nSPS) is 28.5. The molecule has 1 aliphatic carbocycles. The SMILES string of the molecule is CS(=O)(=O)c1cnc(NC2CCC(O)CC2)nc1[C@@H]1CCCNC1. The van der Waals surface area contributed by atoms with Gasteiger partial charge in [0.25, 0.3) is 0 Å². The summed E-state index contributed by atoms with van der Waals surface area (Å²) in [4.78, 5) is 9.04. The smallest absolute Gasteiger partial charge is 0.223 e. The number of nitrogens with zero attached hydrogens (tertiary/aromatic N) is 2. The molecule has 1 aromatic heterocycles. The molecule has 8 heteroatoms. The van der Waals surface area contributed by atoms with Crippen molar-refractivity contribution in [1.29, 1.82) is 0 Å². The first-order valence-corrected chi connectivity index (χ1v) is 10.5. The summed E-state index contributed by atoms with van der Waals surface area (Å²) in [6.07, 6.45) is 7.69. The van der Waals surface area contributed by atoms with Crippen LogP contribution in [0.1, 0.15) is 50.1 Å². The third kappa shape index (κ3) is 4.23. The predicted molar refractivity (Wildman–Crippen MR) is 91.9 cm³/mol. The van der Waals surface area contributed by atoms with E-state index in [2.05, 4.69) is 20.6 Å². The highest BCUT2D eigenvalue weighted by atomic mass is 32.2. The Kier molecular flexibility index (Phi) is 5.36. The number of hydrogen-bond acceptors (Lipinski definition) is 7. The van der Waals surface area contributed by atoms with E-state index >= 15 is 0 Å². The molecule has 2 heterocycles. The van der Waals surface area contributed by atoms with E-state index in [9.17, 15) is 13.5 Å². The lowest BCUT2D eigenvalue weighted by atomic mass is 9.93. The molecule has 134 valence electrons. The molecule has 0 unspecified atom stereocenters. The monoisotopic (exact) mass is 354 g/mol. The van der Waals surface area contributed by atoms with Crippen LogP contribution in [0.4, 0.5) is 5.95 Å². The zero-order valence-corrected chi connectivity index (χ0v) is 14.8. The highest BCUT2D eigenvalue weighted by Crippen LogP contribution is 2.28. The summed E-state index contributed by atoms with van der Waals surface area (Å²) in [5.74, 6) is 0.588. The second kappa shape index (κ2) is 7.33. The molecule has 2 fully saturated rings. The van der Waals surface area contributed by atoms with Crippen molar-refractivity contribution in [2.75, 3.05) is 24.7 Å². The Morgan fingerprint density at radius 2 is 2.00 bits per heavy atom. The lowest BCUT2D eigenvalue weighted by molar-refractivity contribution is 0.126. The third-order valence-electron chi connectivity index (χ3n) is 4.90. The molecule has 1 aliphatic heterocycles. The van der Waals surface area contributed by atoms with Crippen LogP contribution in [-0.4, -0.2) is 55.0 Å². The standard InChI is InChI=1S/C16H26N4O3S/c1-24(22,23)14-10-18-16(19-12-4-6-13(21)7-5-12)20-15(14)11-3-2-8-17-9-11/h10-13,17,21H,2-9H2,1H3,(H,18,19,20)/t11-,12?,13?/m1/s1. The lowest BCUT2D eigenvalue weighted by Gasteiger charge is -2.27. The fraction of sp³-hybridized carbons (Fsp3) is 0.750. The lowest BCUT2D eigenvalue weighted by Crippen LogP contribution is -2.31. The Hall–Kier alpha value is -1.25. The number of aromatic nitrogens is 2. The summed E-state index contributed by atoms with van der Waals surface area (Å²) in [5, 5.41) is 16.2. The maximum atomic E-state index is 12.1. The van der Waals surface area contributed by atoms with Crippen molar-refractivity contribution in [3.63, 3.8) is 0 Å². The van der Waals surface area contributed by atoms with Crippen molar-refractivity contribution >= 4 is 15.8 Å². The molecule has 0 spiro atoms. The van der Waals surface area contributed by atoms with E-state index in [4.69, 9.17) is 0 Å². The van der Waals surface area contributed by atoms with Crippen molar-refractivity contribution in [2.24, 2.45) is 0 Å². The maximum Gasteiger partial charge on any atom is 0.223 e. The van der Waals surface area contributed by atoms with Gasteiger partial charge >= 0.3 is 0 Å². The van der Waals surface area contributed by atoms with Gasteiger partial charge in [0.05, 0.1) is 18.0 Å². The minimum atomic E-state index is -3.35. The minimum absolute atomic E-state index is 0.0974. The number of sulfone groups is 1. The summed E-state index contributed by atoms with van der Waals surface area (Å²) in [5.41, 5.74) is 0.623. The van der Waals surface area contributed by atoms with Gasteiger partial charge in [-0.15, -0.1) is 0 Å². The van der Waals surface area contributed by atoms with E-state index < -0.39 is 9.84 Å². The number of rotatable bonds is 4. The quantitative estimate of drug-likeness (QED) is 0.743. The molecule has 0 radical (unpaired) electrons. The zero-order valence-electron chi connectivity index (χ0n) is 14.0. The summed E-state index contributed by atoms with van der Waals surface area (Å²) >= 11 is 0. The molecule has 0 aromatic carbocycles. The number of hydrogen-bond donors (Lipinski definition) is 3. The van der Waals surface area contributed by atoms with Crippen molar-refractivity contribution < 1.29 is 13.5 Å². The van der Waals surface area contributed by atoms with Gasteiger partial charge in [-0.3, -0.25) is 0 Å². The van der Waals surface area contributed by atoms with E-state index in [-0.39, 0.29) is 23.0 Å². The first-order valence-electron chi connectivity index (χ1n) is 8.66. The highest BCUT2D eigenvalue weighted by Gasteiger charge is 2.26. The fourth-order valence-corrected chi connectivity index (χ4v) is 4.36. The van der Waals surface area contributed by atoms with Crippen LogP contribution in [0, 0.1) is 0 Å². The highest BCUT2D eigenvalue weighted by molar-refractivity contribution is 7.90. The Morgan fingerprint density at radius 1 is 1.25 bits per heavy atom. The topological polar surface area (TPSA) is 104 Å². The van der Waals surface area contributed by atoms with Crippen LogP contribution in [0.2, 0.25) is 0 Å². The van der Waals surface area contributed by atoms with Gasteiger partial charge in [0.1, 0.15) is 4.90 Å². The Morgan fingerprint density at radius 3 is 2.62 bits per heavy atom. The Balaban J connectivity index is 1.83. The molecular weight excluding hydrogens is 328 g/mol. The van der Waals surface area contributed by atoms with Gasteiger partial charge in [0, 0.05) is 24.8 Å². The molecule has 3 rings (SSSR count). The summed E-state index contributed by atoms with van der Waals surface area (Å²) < 4.78 is 24.2. The molecule has 1 aromatic rings. The van der Waals surface area contributed by atoms with Gasteiger partial charge in [-0.2, -0.15) is 0 Å². The summed E-state index contributed by atoms with van der Waals surface area (Å²) in [7, 11) is -3.35. The van der Waals surface area contributed by atoms with Crippen LogP contribution in [-0.2, 0) is 9.84 Å². The molecule has 7 nitrogen and oxygen atoms in total. The van der Waals surface area contributed by atoms with Gasteiger partial charge in [-0.25, -0.2) is 18.4 Å². The molecule has 24 heavy (non-hydrogen) atoms. The second-order valence-corrected chi connectivity index (χ2v) is 8.89. The maximum absolute atomic E-state index is 12.1. The Bertz CT molecular complexity index is 666. The fourth-order valence-electron chi connectivity index (χ4n) is 3.52. The largest absolute Gasteiger partial charge is 0.393 e. The van der Waals surface area contributed by atoms with Crippen LogP contribution >= 0.6 is 0 Å². The van der Waals surface area contributed by atoms with Crippen LogP contribution in [0.25, 0.3) is 0 Å². The third-order valence-corrected chi connectivity index (χ3v) is 6.01. The molecular formula is C16H26N4O3S. The predicted octanol–water partition coefficient (Wildman–Crippen LogP) is 1.06. The average molecular weight is 354 g/mol. The van der Waals surface area contributed by atoms with E-state index in [1.807, 2.05) is 0 Å². The average Bonchev–Trinajstić information content (AvgIpc) is 2.57. The van der Waals surface area contributed by atoms with Crippen molar-refractivity contribution in [1.82, 2.24) is 15.3 Å². The summed E-state index contributed by atoms with van der Waals surface area (Å²) in [6.45, 7) is 1.71. The van der Waals surface area contributed by atoms with E-state index in [1.54, 1.807) is 0 Å². The number of anilines is 1. The number of nitrogens with one attached hydrogen (secondary N) is 2. The molecule has 1 atom stereocenters. The zero-order chi connectivity index (χ0) is 17.2. The molecule has 0 amide bonds. The number of piperidine rings is 1. The van der Waals surface area contributed by atoms with E-state index in [0.29, 0.717) is 11.6 Å². The van der Waals surface area contributed by atoms with Crippen LogP contribution in [0.15, 0.2) is 11.1 Å². The minimum Gasteiger partial charge on any atom is -0.393 e. The van der Waals surface area contributed by atoms with Crippen molar-refractivity contribution in [3.05, 3.63) is 11.9 Å². The van der Waals surface area contributed by atoms with Gasteiger partial charge in [0.15, 0.2) is 9.84 Å². The van der Waals surface area contributed by atoms with Gasteiger partial charge in [-0.05, 0) is 45.1 Å². The summed E-state index contributed by atoms with van der Waals surface area (Å²) in [6, 6.07) is 0.231. The van der Waals surface area contributed by atoms with Crippen molar-refractivity contribution in [2.45, 2.75) is 61.5 Å². The first kappa shape index (κ1) is 17.6. The second-order valence-electron chi connectivity index (χ2n) is 6.91. The molecule has 1 saturated carbocycles. The molecule has 2 aliphatic rings. The van der Waals surface area contributed by atoms with Crippen molar-refractivity contribution in [3.8, 4) is 0 Å². The number of aliphatic hydroxyl groups excluding tert-OH is 1. The van der Waals surface area contributed by atoms with Gasteiger partial charge < -0.3 is 15.7 Å². The van der Waals surface area contributed by atoms with Gasteiger partial charge in [-0.1, -0.05) is 0 Å². The molecule has 0 bridgehead atoms. The van der Waals surface area contributed by atoms with Gasteiger partial charge in [0.2, 0.25) is 5.95 Å². The van der Waals surface area contributed by atoms with E-state index in [1.165, 1.54) is 12.5 Å². The number of aliphatic hydroxyl groups is 1. The first-order chi connectivity index (χ1) is 11.4. The van der Waals surface area contributed by atoms with Crippen LogP contribution in [0.5, 0.6) is 0 Å². The van der Waals surface area contributed by atoms with E-state index in [0.717, 1.165) is 51.6 Å². The molecule has 3 N–H and O–H groups in total. The van der Waals surface area contributed by atoms with Crippen LogP contribution in [0.3, 0.4) is 0 Å². The van der Waals surface area contributed by atoms with Crippen LogP contribution < -0.4 is 10.6 Å². The Labute approximate surface area is 143 Å². The molecule has 1 saturated heterocycles.